The Morgan fingerprint density at radius 3 is 2.61 bits per heavy atom. The lowest BCUT2D eigenvalue weighted by Crippen LogP contribution is -2.15. The predicted molar refractivity (Wildman–Crippen MR) is 76.9 cm³/mol. The molecule has 18 heavy (non-hydrogen) atoms. The summed E-state index contributed by atoms with van der Waals surface area (Å²) in [7, 11) is 0. The number of hydrogen-bond acceptors (Lipinski definition) is 2. The van der Waals surface area contributed by atoms with E-state index in [1.165, 1.54) is 44.1 Å². The summed E-state index contributed by atoms with van der Waals surface area (Å²) in [5.74, 6) is 0.997. The monoisotopic (exact) mass is 309 g/mol. The third kappa shape index (κ3) is 3.27. The number of benzene rings is 1. The zero-order valence-corrected chi connectivity index (χ0v) is 12.2. The SMILES string of the molecule is Brc1cc(CNC2CC2)ccc1OC1CCCC1. The van der Waals surface area contributed by atoms with Gasteiger partial charge in [-0.05, 0) is 72.2 Å². The second-order valence-electron chi connectivity index (χ2n) is 5.44. The van der Waals surface area contributed by atoms with Gasteiger partial charge in [0, 0.05) is 12.6 Å². The third-order valence-electron chi connectivity index (χ3n) is 3.76. The highest BCUT2D eigenvalue weighted by molar-refractivity contribution is 9.10. The van der Waals surface area contributed by atoms with Crippen LogP contribution in [0.5, 0.6) is 5.75 Å². The van der Waals surface area contributed by atoms with Crippen LogP contribution in [0.1, 0.15) is 44.1 Å². The largest absolute Gasteiger partial charge is 0.489 e. The van der Waals surface area contributed by atoms with Crippen LogP contribution >= 0.6 is 15.9 Å². The van der Waals surface area contributed by atoms with Crippen LogP contribution in [-0.4, -0.2) is 12.1 Å². The molecule has 1 N–H and O–H groups in total. The summed E-state index contributed by atoms with van der Waals surface area (Å²) >= 11 is 3.62. The predicted octanol–water partition coefficient (Wildman–Crippen LogP) is 4.02. The Morgan fingerprint density at radius 1 is 1.17 bits per heavy atom. The molecule has 0 radical (unpaired) electrons. The van der Waals surface area contributed by atoms with Crippen molar-refractivity contribution in [2.75, 3.05) is 0 Å². The molecule has 1 aromatic rings. The first kappa shape index (κ1) is 12.5. The Hall–Kier alpha value is -0.540. The van der Waals surface area contributed by atoms with Crippen LogP contribution in [0.3, 0.4) is 0 Å². The van der Waals surface area contributed by atoms with Crippen molar-refractivity contribution in [3.8, 4) is 5.75 Å². The minimum Gasteiger partial charge on any atom is -0.489 e. The number of nitrogens with one attached hydrogen (secondary N) is 1. The lowest BCUT2D eigenvalue weighted by molar-refractivity contribution is 0.208. The van der Waals surface area contributed by atoms with Crippen molar-refractivity contribution in [1.82, 2.24) is 5.32 Å². The van der Waals surface area contributed by atoms with E-state index in [2.05, 4.69) is 39.4 Å². The molecule has 0 spiro atoms. The Labute approximate surface area is 117 Å². The molecule has 1 aromatic carbocycles. The smallest absolute Gasteiger partial charge is 0.133 e. The average molecular weight is 310 g/mol. The maximum Gasteiger partial charge on any atom is 0.133 e. The molecule has 0 aliphatic heterocycles. The summed E-state index contributed by atoms with van der Waals surface area (Å²) in [5.41, 5.74) is 1.33. The van der Waals surface area contributed by atoms with Gasteiger partial charge < -0.3 is 10.1 Å². The molecule has 2 aliphatic carbocycles. The molecule has 0 amide bonds. The van der Waals surface area contributed by atoms with Crippen LogP contribution in [0.15, 0.2) is 22.7 Å². The van der Waals surface area contributed by atoms with Crippen molar-refractivity contribution in [1.29, 1.82) is 0 Å². The van der Waals surface area contributed by atoms with Crippen molar-refractivity contribution in [3.63, 3.8) is 0 Å². The fourth-order valence-electron chi connectivity index (χ4n) is 2.49. The molecular formula is C15H20BrNO. The summed E-state index contributed by atoms with van der Waals surface area (Å²) in [6, 6.07) is 7.22. The van der Waals surface area contributed by atoms with E-state index in [1.54, 1.807) is 0 Å². The molecule has 3 heteroatoms. The summed E-state index contributed by atoms with van der Waals surface area (Å²) in [4.78, 5) is 0. The highest BCUT2D eigenvalue weighted by Gasteiger charge is 2.20. The first-order valence-electron chi connectivity index (χ1n) is 7.00. The lowest BCUT2D eigenvalue weighted by atomic mass is 10.2. The fraction of sp³-hybridized carbons (Fsp3) is 0.600. The average Bonchev–Trinajstić information content (AvgIpc) is 3.06. The molecule has 2 nitrogen and oxygen atoms in total. The maximum atomic E-state index is 6.03. The van der Waals surface area contributed by atoms with E-state index in [1.807, 2.05) is 0 Å². The Balaban J connectivity index is 1.60. The molecule has 0 atom stereocenters. The standard InChI is InChI=1S/C15H20BrNO/c16-14-9-11(10-17-12-6-7-12)5-8-15(14)18-13-3-1-2-4-13/h5,8-9,12-13,17H,1-4,6-7,10H2. The first-order valence-corrected chi connectivity index (χ1v) is 7.79. The van der Waals surface area contributed by atoms with E-state index in [-0.39, 0.29) is 0 Å². The molecule has 98 valence electrons. The minimum absolute atomic E-state index is 0.428. The lowest BCUT2D eigenvalue weighted by Gasteiger charge is -2.15. The highest BCUT2D eigenvalue weighted by atomic mass is 79.9. The minimum atomic E-state index is 0.428. The second kappa shape index (κ2) is 5.62. The summed E-state index contributed by atoms with van der Waals surface area (Å²) in [6.45, 7) is 0.965. The quantitative estimate of drug-likeness (QED) is 0.887. The summed E-state index contributed by atoms with van der Waals surface area (Å²) in [5, 5.41) is 3.53. The van der Waals surface area contributed by atoms with Gasteiger partial charge in [-0.1, -0.05) is 6.07 Å². The highest BCUT2D eigenvalue weighted by Crippen LogP contribution is 2.31. The van der Waals surface area contributed by atoms with Gasteiger partial charge in [-0.2, -0.15) is 0 Å². The van der Waals surface area contributed by atoms with Crippen LogP contribution in [0.4, 0.5) is 0 Å². The molecule has 2 saturated carbocycles. The van der Waals surface area contributed by atoms with Gasteiger partial charge in [0.05, 0.1) is 10.6 Å². The third-order valence-corrected chi connectivity index (χ3v) is 4.38. The van der Waals surface area contributed by atoms with Gasteiger partial charge in [0.1, 0.15) is 5.75 Å². The van der Waals surface area contributed by atoms with Crippen LogP contribution < -0.4 is 10.1 Å². The van der Waals surface area contributed by atoms with Gasteiger partial charge in [-0.25, -0.2) is 0 Å². The van der Waals surface area contributed by atoms with Crippen molar-refractivity contribution < 1.29 is 4.74 Å². The van der Waals surface area contributed by atoms with E-state index in [0.29, 0.717) is 6.10 Å². The number of hydrogen-bond donors (Lipinski definition) is 1. The van der Waals surface area contributed by atoms with Crippen LogP contribution in [-0.2, 0) is 6.54 Å². The van der Waals surface area contributed by atoms with Gasteiger partial charge >= 0.3 is 0 Å². The summed E-state index contributed by atoms with van der Waals surface area (Å²) in [6.07, 6.45) is 8.14. The van der Waals surface area contributed by atoms with Crippen molar-refractivity contribution >= 4 is 15.9 Å². The van der Waals surface area contributed by atoms with E-state index in [9.17, 15) is 0 Å². The molecule has 0 bridgehead atoms. The van der Waals surface area contributed by atoms with Gasteiger partial charge in [0.2, 0.25) is 0 Å². The topological polar surface area (TPSA) is 21.3 Å². The fourth-order valence-corrected chi connectivity index (χ4v) is 3.00. The zero-order valence-electron chi connectivity index (χ0n) is 10.6. The molecule has 0 heterocycles. The zero-order chi connectivity index (χ0) is 12.4. The maximum absolute atomic E-state index is 6.03. The Kier molecular flexibility index (Phi) is 3.90. The first-order chi connectivity index (χ1) is 8.81. The normalized spacial score (nSPS) is 20.3. The van der Waals surface area contributed by atoms with Gasteiger partial charge in [-0.15, -0.1) is 0 Å². The number of ether oxygens (including phenoxy) is 1. The molecule has 2 fully saturated rings. The Morgan fingerprint density at radius 2 is 1.94 bits per heavy atom. The number of rotatable bonds is 5. The molecule has 3 rings (SSSR count). The molecular weight excluding hydrogens is 290 g/mol. The Bertz CT molecular complexity index is 411. The van der Waals surface area contributed by atoms with Crippen molar-refractivity contribution in [2.45, 2.75) is 57.2 Å². The second-order valence-corrected chi connectivity index (χ2v) is 6.30. The van der Waals surface area contributed by atoms with E-state index >= 15 is 0 Å². The van der Waals surface area contributed by atoms with Crippen molar-refractivity contribution in [3.05, 3.63) is 28.2 Å². The van der Waals surface area contributed by atoms with Crippen LogP contribution in [0.2, 0.25) is 0 Å². The van der Waals surface area contributed by atoms with Gasteiger partial charge in [0.15, 0.2) is 0 Å². The van der Waals surface area contributed by atoms with E-state index < -0.39 is 0 Å². The number of halogens is 1. The molecule has 2 aliphatic rings. The van der Waals surface area contributed by atoms with Crippen LogP contribution in [0, 0.1) is 0 Å². The van der Waals surface area contributed by atoms with Gasteiger partial charge in [-0.3, -0.25) is 0 Å². The van der Waals surface area contributed by atoms with Crippen molar-refractivity contribution in [2.24, 2.45) is 0 Å². The van der Waals surface area contributed by atoms with Crippen LogP contribution in [0.25, 0.3) is 0 Å². The summed E-state index contributed by atoms with van der Waals surface area (Å²) < 4.78 is 7.12. The van der Waals surface area contributed by atoms with E-state index in [4.69, 9.17) is 4.74 Å². The van der Waals surface area contributed by atoms with Gasteiger partial charge in [0.25, 0.3) is 0 Å². The molecule has 0 saturated heterocycles. The molecule has 0 unspecified atom stereocenters. The molecule has 0 aromatic heterocycles. The van der Waals surface area contributed by atoms with E-state index in [0.717, 1.165) is 22.8 Å².